The van der Waals surface area contributed by atoms with Crippen LogP contribution < -0.4 is 4.74 Å². The van der Waals surface area contributed by atoms with Gasteiger partial charge in [-0.15, -0.1) is 0 Å². The Hall–Kier alpha value is -2.51. The predicted octanol–water partition coefficient (Wildman–Crippen LogP) is 3.36. The summed E-state index contributed by atoms with van der Waals surface area (Å²) in [5.41, 5.74) is -1.44. The van der Waals surface area contributed by atoms with Crippen LogP contribution in [0.15, 0.2) is 12.1 Å². The summed E-state index contributed by atoms with van der Waals surface area (Å²) in [6.45, 7) is 8.36. The van der Waals surface area contributed by atoms with Gasteiger partial charge in [0.15, 0.2) is 0 Å². The van der Waals surface area contributed by atoms with Crippen molar-refractivity contribution < 1.29 is 19.4 Å². The summed E-state index contributed by atoms with van der Waals surface area (Å²) in [6.07, 6.45) is 0. The van der Waals surface area contributed by atoms with Crippen LogP contribution in [0, 0.1) is 26.1 Å². The Morgan fingerprint density at radius 1 is 1.14 bits per heavy atom. The average molecular weight is 310 g/mol. The highest BCUT2D eigenvalue weighted by atomic mass is 16.6. The summed E-state index contributed by atoms with van der Waals surface area (Å²) in [5.74, 6) is -1.35. The van der Waals surface area contributed by atoms with E-state index in [0.717, 1.165) is 6.07 Å². The average Bonchev–Trinajstić information content (AvgIpc) is 2.36. The van der Waals surface area contributed by atoms with Crippen LogP contribution in [0.5, 0.6) is 5.75 Å². The smallest absolute Gasteiger partial charge is 0.318 e. The molecule has 0 aliphatic rings. The molecule has 0 radical (unpaired) electrons. The number of carbonyl (C=O) groups excluding carboxylic acids is 1. The van der Waals surface area contributed by atoms with Crippen LogP contribution in [0.4, 0.5) is 11.4 Å². The number of hydrogen-bond donors (Lipinski definition) is 0. The molecule has 0 fully saturated rings. The van der Waals surface area contributed by atoms with E-state index in [0.29, 0.717) is 0 Å². The highest BCUT2D eigenvalue weighted by Gasteiger charge is 2.32. The van der Waals surface area contributed by atoms with Gasteiger partial charge >= 0.3 is 11.7 Å². The third-order valence-corrected chi connectivity index (χ3v) is 2.94. The van der Waals surface area contributed by atoms with Crippen molar-refractivity contribution in [1.82, 2.24) is 0 Å². The maximum atomic E-state index is 11.8. The highest BCUT2D eigenvalue weighted by molar-refractivity contribution is 5.77. The maximum Gasteiger partial charge on any atom is 0.318 e. The van der Waals surface area contributed by atoms with E-state index in [1.54, 1.807) is 34.6 Å². The fourth-order valence-electron chi connectivity index (χ4n) is 1.72. The topological polar surface area (TPSA) is 113 Å². The number of benzene rings is 1. The largest absolute Gasteiger partial charge is 0.419 e. The Labute approximate surface area is 127 Å². The van der Waals surface area contributed by atoms with Crippen LogP contribution in [0.1, 0.15) is 40.2 Å². The molecular weight excluding hydrogens is 292 g/mol. The quantitative estimate of drug-likeness (QED) is 0.364. The van der Waals surface area contributed by atoms with Crippen LogP contribution in [0.25, 0.3) is 0 Å². The van der Waals surface area contributed by atoms with Gasteiger partial charge in [-0.05, 0) is 5.41 Å². The molecule has 0 spiro atoms. The Morgan fingerprint density at radius 3 is 2.05 bits per heavy atom. The lowest BCUT2D eigenvalue weighted by Gasteiger charge is -2.22. The molecule has 0 N–H and O–H groups in total. The van der Waals surface area contributed by atoms with Crippen LogP contribution in [0.2, 0.25) is 0 Å². The molecule has 1 aromatic rings. The number of non-ortho nitro benzene ring substituents is 1. The molecule has 0 aliphatic heterocycles. The monoisotopic (exact) mass is 310 g/mol. The molecule has 0 aliphatic carbocycles. The normalized spacial score (nSPS) is 11.4. The van der Waals surface area contributed by atoms with Crippen molar-refractivity contribution in [2.75, 3.05) is 0 Å². The number of ether oxygens (including phenoxy) is 1. The van der Waals surface area contributed by atoms with Crippen molar-refractivity contribution in [3.63, 3.8) is 0 Å². The van der Waals surface area contributed by atoms with Crippen LogP contribution in [-0.4, -0.2) is 15.8 Å². The summed E-state index contributed by atoms with van der Waals surface area (Å²) in [7, 11) is 0. The fourth-order valence-corrected chi connectivity index (χ4v) is 1.72. The molecular formula is C14H18N2O6. The SMILES string of the molecule is CC(C)C(=O)Oc1c([N+](=O)[O-])cc([N+](=O)[O-])cc1C(C)(C)C. The first-order valence-corrected chi connectivity index (χ1v) is 6.64. The van der Waals surface area contributed by atoms with Gasteiger partial charge in [-0.1, -0.05) is 34.6 Å². The van der Waals surface area contributed by atoms with Crippen LogP contribution in [0.3, 0.4) is 0 Å². The van der Waals surface area contributed by atoms with E-state index in [2.05, 4.69) is 0 Å². The Balaban J connectivity index is 3.65. The summed E-state index contributed by atoms with van der Waals surface area (Å²) in [6, 6.07) is 2.01. The first kappa shape index (κ1) is 17.5. The molecule has 0 saturated carbocycles. The van der Waals surface area contributed by atoms with E-state index in [-0.39, 0.29) is 11.3 Å². The molecule has 0 saturated heterocycles. The van der Waals surface area contributed by atoms with E-state index >= 15 is 0 Å². The van der Waals surface area contributed by atoms with Gasteiger partial charge in [0.25, 0.3) is 5.69 Å². The second-order valence-electron chi connectivity index (χ2n) is 6.18. The molecule has 8 nitrogen and oxygen atoms in total. The van der Waals surface area contributed by atoms with Crippen LogP contribution in [-0.2, 0) is 10.2 Å². The lowest BCUT2D eigenvalue weighted by molar-refractivity contribution is -0.394. The zero-order valence-corrected chi connectivity index (χ0v) is 13.1. The zero-order valence-electron chi connectivity index (χ0n) is 13.1. The third kappa shape index (κ3) is 3.78. The van der Waals surface area contributed by atoms with Gasteiger partial charge in [-0.2, -0.15) is 0 Å². The van der Waals surface area contributed by atoms with Gasteiger partial charge in [0.1, 0.15) is 0 Å². The number of nitro groups is 2. The number of nitrogens with zero attached hydrogens (tertiary/aromatic N) is 2. The standard InChI is InChI=1S/C14H18N2O6/c1-8(2)13(17)22-12-10(14(3,4)5)6-9(15(18)19)7-11(12)16(20)21/h6-8H,1-5H3. The van der Waals surface area contributed by atoms with E-state index in [4.69, 9.17) is 4.74 Å². The van der Waals surface area contributed by atoms with Crippen molar-refractivity contribution in [1.29, 1.82) is 0 Å². The number of esters is 1. The van der Waals surface area contributed by atoms with Gasteiger partial charge in [0, 0.05) is 11.6 Å². The van der Waals surface area contributed by atoms with Crippen molar-refractivity contribution in [2.24, 2.45) is 5.92 Å². The summed E-state index contributed by atoms with van der Waals surface area (Å²) < 4.78 is 5.16. The van der Waals surface area contributed by atoms with Gasteiger partial charge < -0.3 is 4.74 Å². The number of rotatable bonds is 4. The van der Waals surface area contributed by atoms with Gasteiger partial charge in [-0.3, -0.25) is 25.0 Å². The number of nitro benzene ring substituents is 2. The molecule has 0 heterocycles. The summed E-state index contributed by atoms with van der Waals surface area (Å²) >= 11 is 0. The van der Waals surface area contributed by atoms with E-state index in [1.807, 2.05) is 0 Å². The maximum absolute atomic E-state index is 11.8. The van der Waals surface area contributed by atoms with Crippen molar-refractivity contribution in [2.45, 2.75) is 40.0 Å². The molecule has 0 aromatic heterocycles. The van der Waals surface area contributed by atoms with E-state index in [1.165, 1.54) is 6.07 Å². The molecule has 1 aromatic carbocycles. The van der Waals surface area contributed by atoms with E-state index in [9.17, 15) is 25.0 Å². The number of carbonyl (C=O) groups is 1. The predicted molar refractivity (Wildman–Crippen MR) is 78.9 cm³/mol. The molecule has 0 atom stereocenters. The van der Waals surface area contributed by atoms with Crippen LogP contribution >= 0.6 is 0 Å². The van der Waals surface area contributed by atoms with Crippen molar-refractivity contribution in [3.8, 4) is 5.75 Å². The molecule has 1 rings (SSSR count). The third-order valence-electron chi connectivity index (χ3n) is 2.94. The molecule has 0 bridgehead atoms. The van der Waals surface area contributed by atoms with Gasteiger partial charge in [-0.25, -0.2) is 0 Å². The van der Waals surface area contributed by atoms with Gasteiger partial charge in [0.05, 0.1) is 21.8 Å². The molecule has 22 heavy (non-hydrogen) atoms. The first-order chi connectivity index (χ1) is 9.95. The zero-order chi connectivity index (χ0) is 17.2. The second kappa shape index (κ2) is 6.08. The van der Waals surface area contributed by atoms with Crippen molar-refractivity contribution in [3.05, 3.63) is 37.9 Å². The Morgan fingerprint density at radius 2 is 1.68 bits per heavy atom. The summed E-state index contributed by atoms with van der Waals surface area (Å²) in [4.78, 5) is 32.5. The minimum Gasteiger partial charge on any atom is -0.419 e. The lowest BCUT2D eigenvalue weighted by Crippen LogP contribution is -2.20. The second-order valence-corrected chi connectivity index (χ2v) is 6.18. The summed E-state index contributed by atoms with van der Waals surface area (Å²) in [5, 5.41) is 22.2. The Bertz CT molecular complexity index is 631. The minimum atomic E-state index is -0.787. The molecule has 0 unspecified atom stereocenters. The van der Waals surface area contributed by atoms with E-state index < -0.39 is 38.5 Å². The molecule has 0 amide bonds. The van der Waals surface area contributed by atoms with Crippen molar-refractivity contribution >= 4 is 17.3 Å². The van der Waals surface area contributed by atoms with Gasteiger partial charge in [0.2, 0.25) is 5.75 Å². The lowest BCUT2D eigenvalue weighted by atomic mass is 9.85. The first-order valence-electron chi connectivity index (χ1n) is 6.64. The highest BCUT2D eigenvalue weighted by Crippen LogP contribution is 2.41. The minimum absolute atomic E-state index is 0.234. The number of hydrogen-bond acceptors (Lipinski definition) is 6. The molecule has 120 valence electrons. The Kier molecular flexibility index (Phi) is 4.85. The fraction of sp³-hybridized carbons (Fsp3) is 0.500. The molecule has 8 heteroatoms.